The third kappa shape index (κ3) is 2.13. The number of amides is 1. The molecular formula is C10H15NO3. The van der Waals surface area contributed by atoms with Gasteiger partial charge in [-0.15, -0.1) is 0 Å². The normalized spacial score (nSPS) is 22.0. The molecule has 0 bridgehead atoms. The minimum atomic E-state index is -0.473. The third-order valence-corrected chi connectivity index (χ3v) is 2.44. The molecule has 0 saturated carbocycles. The molecule has 78 valence electrons. The maximum atomic E-state index is 11.4. The number of methoxy groups -OCH3 is 1. The summed E-state index contributed by atoms with van der Waals surface area (Å²) in [4.78, 5) is 24.1. The predicted molar refractivity (Wildman–Crippen MR) is 51.6 cm³/mol. The molecule has 1 aliphatic heterocycles. The Morgan fingerprint density at radius 3 is 2.71 bits per heavy atom. The number of piperidine rings is 1. The number of ether oxygens (including phenoxy) is 1. The molecule has 4 nitrogen and oxygen atoms in total. The van der Waals surface area contributed by atoms with Crippen molar-refractivity contribution in [3.63, 3.8) is 0 Å². The second kappa shape index (κ2) is 4.26. The van der Waals surface area contributed by atoms with Gasteiger partial charge < -0.3 is 9.64 Å². The minimum absolute atomic E-state index is 0.0899. The van der Waals surface area contributed by atoms with Gasteiger partial charge in [-0.3, -0.25) is 4.79 Å². The third-order valence-electron chi connectivity index (χ3n) is 2.44. The van der Waals surface area contributed by atoms with Crippen molar-refractivity contribution in [3.05, 3.63) is 12.2 Å². The molecule has 0 aromatic heterocycles. The van der Waals surface area contributed by atoms with E-state index in [1.165, 1.54) is 14.0 Å². The molecule has 1 atom stereocenters. The Morgan fingerprint density at radius 2 is 2.21 bits per heavy atom. The second-order valence-electron chi connectivity index (χ2n) is 3.46. The summed E-state index contributed by atoms with van der Waals surface area (Å²) >= 11 is 0. The van der Waals surface area contributed by atoms with Gasteiger partial charge in [0.2, 0.25) is 5.91 Å². The average Bonchev–Trinajstić information content (AvgIpc) is 2.16. The van der Waals surface area contributed by atoms with Crippen molar-refractivity contribution in [1.29, 1.82) is 0 Å². The molecular weight excluding hydrogens is 182 g/mol. The van der Waals surface area contributed by atoms with Crippen LogP contribution in [0.15, 0.2) is 12.2 Å². The summed E-state index contributed by atoms with van der Waals surface area (Å²) in [6.45, 7) is 5.85. The van der Waals surface area contributed by atoms with Crippen LogP contribution in [0, 0.1) is 0 Å². The summed E-state index contributed by atoms with van der Waals surface area (Å²) in [6, 6.07) is -0.473. The Balaban J connectivity index is 2.78. The van der Waals surface area contributed by atoms with Crippen LogP contribution in [0.3, 0.4) is 0 Å². The average molecular weight is 197 g/mol. The van der Waals surface area contributed by atoms with E-state index < -0.39 is 6.04 Å². The van der Waals surface area contributed by atoms with E-state index >= 15 is 0 Å². The molecule has 0 aliphatic carbocycles. The van der Waals surface area contributed by atoms with Crippen molar-refractivity contribution in [2.45, 2.75) is 25.8 Å². The fraction of sp³-hybridized carbons (Fsp3) is 0.600. The number of carbonyl (C=O) groups is 2. The molecule has 1 heterocycles. The van der Waals surface area contributed by atoms with E-state index in [1.54, 1.807) is 4.90 Å². The molecule has 0 N–H and O–H groups in total. The zero-order valence-corrected chi connectivity index (χ0v) is 8.58. The Labute approximate surface area is 83.5 Å². The highest BCUT2D eigenvalue weighted by atomic mass is 16.5. The summed E-state index contributed by atoms with van der Waals surface area (Å²) in [5, 5.41) is 0. The van der Waals surface area contributed by atoms with Crippen LogP contribution in [-0.2, 0) is 14.3 Å². The SMILES string of the molecule is C=C1CCN(C(C)=O)C(C(=O)OC)C1. The monoisotopic (exact) mass is 197 g/mol. The highest BCUT2D eigenvalue weighted by Gasteiger charge is 2.32. The highest BCUT2D eigenvalue weighted by molar-refractivity contribution is 5.84. The van der Waals surface area contributed by atoms with Gasteiger partial charge in [-0.2, -0.15) is 0 Å². The number of likely N-dealkylation sites (tertiary alicyclic amines) is 1. The van der Waals surface area contributed by atoms with Crippen molar-refractivity contribution >= 4 is 11.9 Å². The number of hydrogen-bond donors (Lipinski definition) is 0. The maximum absolute atomic E-state index is 11.4. The van der Waals surface area contributed by atoms with Gasteiger partial charge in [0, 0.05) is 13.5 Å². The first-order chi connectivity index (χ1) is 6.56. The van der Waals surface area contributed by atoms with Gasteiger partial charge in [0.1, 0.15) is 6.04 Å². The number of esters is 1. The van der Waals surface area contributed by atoms with Gasteiger partial charge in [0.15, 0.2) is 0 Å². The fourth-order valence-electron chi connectivity index (χ4n) is 1.64. The summed E-state index contributed by atoms with van der Waals surface area (Å²) in [5.41, 5.74) is 0.998. The smallest absolute Gasteiger partial charge is 0.328 e. The van der Waals surface area contributed by atoms with Crippen molar-refractivity contribution in [1.82, 2.24) is 4.90 Å². The van der Waals surface area contributed by atoms with Crippen molar-refractivity contribution in [2.75, 3.05) is 13.7 Å². The molecule has 4 heteroatoms. The fourth-order valence-corrected chi connectivity index (χ4v) is 1.64. The van der Waals surface area contributed by atoms with E-state index in [2.05, 4.69) is 11.3 Å². The maximum Gasteiger partial charge on any atom is 0.328 e. The molecule has 1 saturated heterocycles. The Kier molecular flexibility index (Phi) is 3.28. The van der Waals surface area contributed by atoms with Crippen LogP contribution < -0.4 is 0 Å². The lowest BCUT2D eigenvalue weighted by molar-refractivity contribution is -0.153. The topological polar surface area (TPSA) is 46.6 Å². The summed E-state index contributed by atoms with van der Waals surface area (Å²) in [6.07, 6.45) is 1.29. The van der Waals surface area contributed by atoms with Crippen molar-refractivity contribution in [3.8, 4) is 0 Å². The van der Waals surface area contributed by atoms with E-state index in [4.69, 9.17) is 0 Å². The van der Waals surface area contributed by atoms with Gasteiger partial charge in [0.25, 0.3) is 0 Å². The molecule has 1 fully saturated rings. The van der Waals surface area contributed by atoms with E-state index in [9.17, 15) is 9.59 Å². The molecule has 1 unspecified atom stereocenters. The van der Waals surface area contributed by atoms with Crippen molar-refractivity contribution < 1.29 is 14.3 Å². The molecule has 0 radical (unpaired) electrons. The standard InChI is InChI=1S/C10H15NO3/c1-7-4-5-11(8(2)12)9(6-7)10(13)14-3/h9H,1,4-6H2,2-3H3. The van der Waals surface area contributed by atoms with E-state index in [0.717, 1.165) is 12.0 Å². The second-order valence-corrected chi connectivity index (χ2v) is 3.46. The molecule has 14 heavy (non-hydrogen) atoms. The van der Waals surface area contributed by atoms with Crippen LogP contribution in [-0.4, -0.2) is 36.5 Å². The van der Waals surface area contributed by atoms with Gasteiger partial charge >= 0.3 is 5.97 Å². The lowest BCUT2D eigenvalue weighted by Crippen LogP contribution is -2.48. The lowest BCUT2D eigenvalue weighted by atomic mass is 9.98. The molecule has 0 spiro atoms. The number of carbonyl (C=O) groups excluding carboxylic acids is 2. The molecule has 1 aliphatic rings. The first-order valence-electron chi connectivity index (χ1n) is 4.58. The predicted octanol–water partition coefficient (Wildman–Crippen LogP) is 0.726. The van der Waals surface area contributed by atoms with E-state index in [0.29, 0.717) is 13.0 Å². The Bertz CT molecular complexity index is 273. The van der Waals surface area contributed by atoms with Crippen LogP contribution in [0.4, 0.5) is 0 Å². The van der Waals surface area contributed by atoms with Crippen LogP contribution >= 0.6 is 0 Å². The largest absolute Gasteiger partial charge is 0.467 e. The van der Waals surface area contributed by atoms with Crippen LogP contribution in [0.25, 0.3) is 0 Å². The lowest BCUT2D eigenvalue weighted by Gasteiger charge is -2.33. The zero-order valence-electron chi connectivity index (χ0n) is 8.58. The quantitative estimate of drug-likeness (QED) is 0.460. The zero-order chi connectivity index (χ0) is 10.7. The number of rotatable bonds is 1. The van der Waals surface area contributed by atoms with Crippen LogP contribution in [0.2, 0.25) is 0 Å². The van der Waals surface area contributed by atoms with Crippen LogP contribution in [0.5, 0.6) is 0 Å². The van der Waals surface area contributed by atoms with E-state index in [-0.39, 0.29) is 11.9 Å². The molecule has 0 aromatic rings. The Morgan fingerprint density at radius 1 is 1.57 bits per heavy atom. The number of hydrogen-bond acceptors (Lipinski definition) is 3. The van der Waals surface area contributed by atoms with Gasteiger partial charge in [-0.25, -0.2) is 4.79 Å². The van der Waals surface area contributed by atoms with E-state index in [1.807, 2.05) is 0 Å². The van der Waals surface area contributed by atoms with Gasteiger partial charge in [0.05, 0.1) is 7.11 Å². The van der Waals surface area contributed by atoms with Gasteiger partial charge in [-0.05, 0) is 12.8 Å². The van der Waals surface area contributed by atoms with Crippen molar-refractivity contribution in [2.24, 2.45) is 0 Å². The van der Waals surface area contributed by atoms with Gasteiger partial charge in [-0.1, -0.05) is 12.2 Å². The first-order valence-corrected chi connectivity index (χ1v) is 4.58. The molecule has 1 amide bonds. The summed E-state index contributed by atoms with van der Waals surface area (Å²) in [7, 11) is 1.33. The molecule has 0 aromatic carbocycles. The minimum Gasteiger partial charge on any atom is -0.467 e. The number of nitrogens with zero attached hydrogens (tertiary/aromatic N) is 1. The van der Waals surface area contributed by atoms with Crippen LogP contribution in [0.1, 0.15) is 19.8 Å². The highest BCUT2D eigenvalue weighted by Crippen LogP contribution is 2.21. The first kappa shape index (κ1) is 10.8. The summed E-state index contributed by atoms with van der Waals surface area (Å²) in [5.74, 6) is -0.450. The Hall–Kier alpha value is -1.32. The molecule has 1 rings (SSSR count). The summed E-state index contributed by atoms with van der Waals surface area (Å²) < 4.78 is 4.64.